The molecular weight excluding hydrogens is 194 g/mol. The van der Waals surface area contributed by atoms with Crippen molar-refractivity contribution in [1.29, 1.82) is 0 Å². The molecule has 13 heavy (non-hydrogen) atoms. The van der Waals surface area contributed by atoms with Crippen molar-refractivity contribution in [2.45, 2.75) is 6.42 Å². The van der Waals surface area contributed by atoms with Gasteiger partial charge in [-0.3, -0.25) is 4.79 Å². The van der Waals surface area contributed by atoms with E-state index in [1.54, 1.807) is 0 Å². The SMILES string of the molecule is COC(=O)Cc1cc(O)cnc1Cl. The molecule has 0 aliphatic carbocycles. The molecule has 0 aromatic carbocycles. The van der Waals surface area contributed by atoms with Gasteiger partial charge in [0.2, 0.25) is 0 Å². The lowest BCUT2D eigenvalue weighted by Crippen LogP contribution is -2.05. The van der Waals surface area contributed by atoms with Crippen molar-refractivity contribution in [3.8, 4) is 5.75 Å². The van der Waals surface area contributed by atoms with Gasteiger partial charge in [0.05, 0.1) is 19.7 Å². The highest BCUT2D eigenvalue weighted by molar-refractivity contribution is 6.30. The van der Waals surface area contributed by atoms with Crippen LogP contribution in [0.15, 0.2) is 12.3 Å². The second-order valence-electron chi connectivity index (χ2n) is 2.40. The second-order valence-corrected chi connectivity index (χ2v) is 2.75. The largest absolute Gasteiger partial charge is 0.506 e. The van der Waals surface area contributed by atoms with Gasteiger partial charge in [-0.2, -0.15) is 0 Å². The van der Waals surface area contributed by atoms with Crippen molar-refractivity contribution in [3.05, 3.63) is 23.0 Å². The molecule has 0 saturated carbocycles. The zero-order valence-corrected chi connectivity index (χ0v) is 7.71. The Bertz CT molecular complexity index is 327. The minimum atomic E-state index is -0.422. The van der Waals surface area contributed by atoms with Crippen molar-refractivity contribution in [2.24, 2.45) is 0 Å². The van der Waals surface area contributed by atoms with Crippen molar-refractivity contribution in [3.63, 3.8) is 0 Å². The van der Waals surface area contributed by atoms with Crippen LogP contribution in [0.25, 0.3) is 0 Å². The predicted molar refractivity (Wildman–Crippen MR) is 46.6 cm³/mol. The summed E-state index contributed by atoms with van der Waals surface area (Å²) in [5.41, 5.74) is 0.452. The lowest BCUT2D eigenvalue weighted by molar-refractivity contribution is -0.139. The van der Waals surface area contributed by atoms with E-state index in [4.69, 9.17) is 16.7 Å². The van der Waals surface area contributed by atoms with E-state index >= 15 is 0 Å². The molecule has 0 aliphatic heterocycles. The predicted octanol–water partition coefficient (Wildman–Crippen LogP) is 1.16. The number of rotatable bonds is 2. The van der Waals surface area contributed by atoms with Gasteiger partial charge in [-0.05, 0) is 6.07 Å². The van der Waals surface area contributed by atoms with Gasteiger partial charge in [-0.15, -0.1) is 0 Å². The fourth-order valence-electron chi connectivity index (χ4n) is 0.833. The lowest BCUT2D eigenvalue weighted by atomic mass is 10.2. The number of pyridine rings is 1. The van der Waals surface area contributed by atoms with Crippen LogP contribution in [0.3, 0.4) is 0 Å². The zero-order chi connectivity index (χ0) is 9.84. The van der Waals surface area contributed by atoms with Crippen LogP contribution in [0, 0.1) is 0 Å². The van der Waals surface area contributed by atoms with E-state index < -0.39 is 5.97 Å². The molecule has 1 aromatic heterocycles. The molecule has 0 saturated heterocycles. The van der Waals surface area contributed by atoms with Gasteiger partial charge < -0.3 is 9.84 Å². The van der Waals surface area contributed by atoms with E-state index in [1.165, 1.54) is 19.4 Å². The fraction of sp³-hybridized carbons (Fsp3) is 0.250. The maximum atomic E-state index is 10.9. The average molecular weight is 202 g/mol. The van der Waals surface area contributed by atoms with Crippen LogP contribution >= 0.6 is 11.6 Å². The smallest absolute Gasteiger partial charge is 0.310 e. The van der Waals surface area contributed by atoms with Gasteiger partial charge in [0.1, 0.15) is 10.9 Å². The molecule has 0 fully saturated rings. The number of aromatic nitrogens is 1. The monoisotopic (exact) mass is 201 g/mol. The van der Waals surface area contributed by atoms with E-state index in [9.17, 15) is 4.79 Å². The Labute approximate surface area is 80.1 Å². The highest BCUT2D eigenvalue weighted by Gasteiger charge is 2.08. The van der Waals surface area contributed by atoms with Crippen molar-refractivity contribution < 1.29 is 14.6 Å². The van der Waals surface area contributed by atoms with Gasteiger partial charge in [0.25, 0.3) is 0 Å². The molecule has 0 amide bonds. The molecule has 0 radical (unpaired) electrons. The Morgan fingerprint density at radius 1 is 1.77 bits per heavy atom. The van der Waals surface area contributed by atoms with Gasteiger partial charge in [-0.1, -0.05) is 11.6 Å². The number of carbonyl (C=O) groups excluding carboxylic acids is 1. The molecule has 0 bridgehead atoms. The van der Waals surface area contributed by atoms with Crippen LogP contribution in [0.2, 0.25) is 5.15 Å². The molecule has 1 rings (SSSR count). The molecule has 1 aromatic rings. The van der Waals surface area contributed by atoms with Gasteiger partial charge in [0.15, 0.2) is 0 Å². The Morgan fingerprint density at radius 2 is 2.46 bits per heavy atom. The third kappa shape index (κ3) is 2.59. The molecule has 1 heterocycles. The number of halogens is 1. The minimum absolute atomic E-state index is 0.0106. The molecule has 0 atom stereocenters. The summed E-state index contributed by atoms with van der Waals surface area (Å²) in [6, 6.07) is 1.38. The average Bonchev–Trinajstić information content (AvgIpc) is 2.11. The number of methoxy groups -OCH3 is 1. The van der Waals surface area contributed by atoms with Gasteiger partial charge in [-0.25, -0.2) is 4.98 Å². The number of hydrogen-bond donors (Lipinski definition) is 1. The second kappa shape index (κ2) is 4.09. The molecule has 70 valence electrons. The molecule has 0 spiro atoms. The Balaban J connectivity index is 2.87. The first-order valence-electron chi connectivity index (χ1n) is 3.53. The standard InChI is InChI=1S/C8H8ClNO3/c1-13-7(12)3-5-2-6(11)4-10-8(5)9/h2,4,11H,3H2,1H3. The Morgan fingerprint density at radius 3 is 3.08 bits per heavy atom. The summed E-state index contributed by atoms with van der Waals surface area (Å²) in [4.78, 5) is 14.5. The normalized spacial score (nSPS) is 9.69. The Kier molecular flexibility index (Phi) is 3.08. The maximum Gasteiger partial charge on any atom is 0.310 e. The summed E-state index contributed by atoms with van der Waals surface area (Å²) < 4.78 is 4.44. The summed E-state index contributed by atoms with van der Waals surface area (Å²) in [6.07, 6.45) is 1.22. The number of aromatic hydroxyl groups is 1. The quantitative estimate of drug-likeness (QED) is 0.576. The van der Waals surface area contributed by atoms with Crippen LogP contribution in [-0.4, -0.2) is 23.2 Å². The summed E-state index contributed by atoms with van der Waals surface area (Å²) in [6.45, 7) is 0. The summed E-state index contributed by atoms with van der Waals surface area (Å²) >= 11 is 5.67. The third-order valence-corrected chi connectivity index (χ3v) is 1.80. The summed E-state index contributed by atoms with van der Waals surface area (Å²) in [5.74, 6) is -0.447. The van der Waals surface area contributed by atoms with E-state index in [-0.39, 0.29) is 17.3 Å². The molecule has 5 heteroatoms. The van der Waals surface area contributed by atoms with Crippen molar-refractivity contribution >= 4 is 17.6 Å². The number of esters is 1. The molecule has 0 aliphatic rings. The highest BCUT2D eigenvalue weighted by Crippen LogP contribution is 2.18. The molecule has 4 nitrogen and oxygen atoms in total. The zero-order valence-electron chi connectivity index (χ0n) is 6.95. The van der Waals surface area contributed by atoms with Crippen LogP contribution < -0.4 is 0 Å². The van der Waals surface area contributed by atoms with E-state index in [1.807, 2.05) is 0 Å². The van der Waals surface area contributed by atoms with E-state index in [2.05, 4.69) is 9.72 Å². The van der Waals surface area contributed by atoms with Gasteiger partial charge >= 0.3 is 5.97 Å². The summed E-state index contributed by atoms with van der Waals surface area (Å²) in [5, 5.41) is 9.25. The number of hydrogen-bond acceptors (Lipinski definition) is 4. The first kappa shape index (κ1) is 9.80. The minimum Gasteiger partial charge on any atom is -0.506 e. The number of ether oxygens (including phenoxy) is 1. The van der Waals surface area contributed by atoms with Crippen LogP contribution in [-0.2, 0) is 16.0 Å². The molecule has 1 N–H and O–H groups in total. The number of nitrogens with zero attached hydrogens (tertiary/aromatic N) is 1. The molecule has 0 unspecified atom stereocenters. The van der Waals surface area contributed by atoms with Gasteiger partial charge in [0, 0.05) is 5.56 Å². The fourth-order valence-corrected chi connectivity index (χ4v) is 1.00. The first-order valence-corrected chi connectivity index (χ1v) is 3.91. The van der Waals surface area contributed by atoms with Crippen LogP contribution in [0.4, 0.5) is 0 Å². The summed E-state index contributed by atoms with van der Waals surface area (Å²) in [7, 11) is 1.28. The maximum absolute atomic E-state index is 10.9. The molecular formula is C8H8ClNO3. The third-order valence-electron chi connectivity index (χ3n) is 1.46. The van der Waals surface area contributed by atoms with Crippen molar-refractivity contribution in [1.82, 2.24) is 4.98 Å². The van der Waals surface area contributed by atoms with Crippen LogP contribution in [0.5, 0.6) is 5.75 Å². The Hall–Kier alpha value is -1.29. The first-order chi connectivity index (χ1) is 6.13. The van der Waals surface area contributed by atoms with E-state index in [0.29, 0.717) is 5.56 Å². The topological polar surface area (TPSA) is 59.4 Å². The lowest BCUT2D eigenvalue weighted by Gasteiger charge is -2.02. The van der Waals surface area contributed by atoms with Crippen molar-refractivity contribution in [2.75, 3.05) is 7.11 Å². The highest BCUT2D eigenvalue weighted by atomic mass is 35.5. The van der Waals surface area contributed by atoms with Crippen LogP contribution in [0.1, 0.15) is 5.56 Å². The van der Waals surface area contributed by atoms with E-state index in [0.717, 1.165) is 0 Å². The number of carbonyl (C=O) groups is 1.